The van der Waals surface area contributed by atoms with Gasteiger partial charge < -0.3 is 5.73 Å². The van der Waals surface area contributed by atoms with Crippen molar-refractivity contribution in [2.75, 3.05) is 5.73 Å². The minimum Gasteiger partial charge on any atom is -0.398 e. The molecule has 2 aromatic rings. The van der Waals surface area contributed by atoms with E-state index < -0.39 is 0 Å². The Morgan fingerprint density at radius 2 is 2.13 bits per heavy atom. The van der Waals surface area contributed by atoms with Crippen molar-refractivity contribution in [1.82, 2.24) is 4.98 Å². The van der Waals surface area contributed by atoms with Crippen LogP contribution in [0.2, 0.25) is 0 Å². The number of nitrogens with two attached hydrogens (primary N) is 1. The third-order valence-electron chi connectivity index (χ3n) is 3.02. The van der Waals surface area contributed by atoms with Crippen LogP contribution in [-0.4, -0.2) is 4.98 Å². The number of hydrogen-bond donors (Lipinski definition) is 1. The molecule has 0 atom stereocenters. The first-order valence-corrected chi connectivity index (χ1v) is 5.91. The second kappa shape index (κ2) is 3.20. The maximum atomic E-state index is 6.18. The Morgan fingerprint density at radius 1 is 1.27 bits per heavy atom. The predicted octanol–water partition coefficient (Wildman–Crippen LogP) is 3.07. The molecule has 2 N–H and O–H groups in total. The molecule has 1 heterocycles. The van der Waals surface area contributed by atoms with Crippen LogP contribution < -0.4 is 5.73 Å². The SMILES string of the molecule is Nc1c2c(nc3ccc(Br)cc13)CCC2. The molecule has 76 valence electrons. The maximum Gasteiger partial charge on any atom is 0.0727 e. The van der Waals surface area contributed by atoms with Gasteiger partial charge in [0.1, 0.15) is 0 Å². The highest BCUT2D eigenvalue weighted by atomic mass is 79.9. The van der Waals surface area contributed by atoms with Gasteiger partial charge in [-0.05, 0) is 43.0 Å². The van der Waals surface area contributed by atoms with Crippen LogP contribution >= 0.6 is 15.9 Å². The summed E-state index contributed by atoms with van der Waals surface area (Å²) in [6, 6.07) is 6.08. The van der Waals surface area contributed by atoms with E-state index in [4.69, 9.17) is 5.73 Å². The summed E-state index contributed by atoms with van der Waals surface area (Å²) >= 11 is 3.46. The van der Waals surface area contributed by atoms with Crippen molar-refractivity contribution in [1.29, 1.82) is 0 Å². The number of anilines is 1. The molecule has 3 rings (SSSR count). The summed E-state index contributed by atoms with van der Waals surface area (Å²) in [6.45, 7) is 0. The second-order valence-electron chi connectivity index (χ2n) is 3.97. The van der Waals surface area contributed by atoms with E-state index in [9.17, 15) is 0 Å². The Balaban J connectivity index is 2.41. The molecule has 2 nitrogen and oxygen atoms in total. The van der Waals surface area contributed by atoms with Gasteiger partial charge in [0.2, 0.25) is 0 Å². The molecule has 3 heteroatoms. The van der Waals surface area contributed by atoms with Gasteiger partial charge in [0, 0.05) is 21.2 Å². The van der Waals surface area contributed by atoms with Crippen molar-refractivity contribution >= 4 is 32.5 Å². The number of halogens is 1. The fourth-order valence-corrected chi connectivity index (χ4v) is 2.63. The summed E-state index contributed by atoms with van der Waals surface area (Å²) < 4.78 is 1.06. The van der Waals surface area contributed by atoms with E-state index >= 15 is 0 Å². The summed E-state index contributed by atoms with van der Waals surface area (Å²) in [5, 5.41) is 1.07. The number of rotatable bonds is 0. The molecule has 0 unspecified atom stereocenters. The van der Waals surface area contributed by atoms with E-state index in [2.05, 4.69) is 27.0 Å². The van der Waals surface area contributed by atoms with Crippen LogP contribution in [-0.2, 0) is 12.8 Å². The third-order valence-corrected chi connectivity index (χ3v) is 3.51. The third kappa shape index (κ3) is 1.34. The molecule has 1 aliphatic rings. The monoisotopic (exact) mass is 262 g/mol. The molecule has 1 aromatic heterocycles. The minimum absolute atomic E-state index is 0.925. The quantitative estimate of drug-likeness (QED) is 0.793. The van der Waals surface area contributed by atoms with Crippen molar-refractivity contribution < 1.29 is 0 Å². The zero-order valence-corrected chi connectivity index (χ0v) is 9.84. The predicted molar refractivity (Wildman–Crippen MR) is 65.9 cm³/mol. The Kier molecular flexibility index (Phi) is 1.96. The Morgan fingerprint density at radius 3 is 3.00 bits per heavy atom. The fourth-order valence-electron chi connectivity index (χ4n) is 2.27. The number of nitrogen functional groups attached to an aromatic ring is 1. The van der Waals surface area contributed by atoms with E-state index in [1.54, 1.807) is 0 Å². The zero-order chi connectivity index (χ0) is 10.4. The lowest BCUT2D eigenvalue weighted by molar-refractivity contribution is 0.901. The van der Waals surface area contributed by atoms with Crippen LogP contribution in [0.1, 0.15) is 17.7 Å². The van der Waals surface area contributed by atoms with E-state index in [1.165, 1.54) is 17.7 Å². The number of aryl methyl sites for hydroxylation is 1. The number of hydrogen-bond acceptors (Lipinski definition) is 2. The highest BCUT2D eigenvalue weighted by Crippen LogP contribution is 2.32. The Labute approximate surface area is 96.6 Å². The number of fused-ring (bicyclic) bond motifs is 2. The van der Waals surface area contributed by atoms with Crippen molar-refractivity contribution in [2.45, 2.75) is 19.3 Å². The van der Waals surface area contributed by atoms with E-state index in [1.807, 2.05) is 12.1 Å². The molecule has 15 heavy (non-hydrogen) atoms. The lowest BCUT2D eigenvalue weighted by Gasteiger charge is -2.08. The van der Waals surface area contributed by atoms with Crippen LogP contribution in [0, 0.1) is 0 Å². The molecular weight excluding hydrogens is 252 g/mol. The van der Waals surface area contributed by atoms with E-state index in [0.717, 1.165) is 33.9 Å². The lowest BCUT2D eigenvalue weighted by atomic mass is 10.1. The molecule has 0 aliphatic heterocycles. The fraction of sp³-hybridized carbons (Fsp3) is 0.250. The molecule has 1 aliphatic carbocycles. The molecular formula is C12H11BrN2. The summed E-state index contributed by atoms with van der Waals surface area (Å²) in [5.74, 6) is 0. The minimum atomic E-state index is 0.925. The van der Waals surface area contributed by atoms with Crippen LogP contribution in [0.15, 0.2) is 22.7 Å². The largest absolute Gasteiger partial charge is 0.398 e. The average Bonchev–Trinajstić information content (AvgIpc) is 2.68. The first-order chi connectivity index (χ1) is 7.25. The molecule has 0 saturated heterocycles. The van der Waals surface area contributed by atoms with Gasteiger partial charge in [0.15, 0.2) is 0 Å². The second-order valence-corrected chi connectivity index (χ2v) is 4.88. The number of aromatic nitrogens is 1. The van der Waals surface area contributed by atoms with Gasteiger partial charge >= 0.3 is 0 Å². The highest BCUT2D eigenvalue weighted by Gasteiger charge is 2.17. The first-order valence-electron chi connectivity index (χ1n) is 5.12. The van der Waals surface area contributed by atoms with Crippen molar-refractivity contribution in [3.8, 4) is 0 Å². The molecule has 0 saturated carbocycles. The molecule has 0 spiro atoms. The van der Waals surface area contributed by atoms with Crippen LogP contribution in [0.4, 0.5) is 5.69 Å². The van der Waals surface area contributed by atoms with Gasteiger partial charge in [-0.1, -0.05) is 15.9 Å². The maximum absolute atomic E-state index is 6.18. The normalized spacial score (nSPS) is 14.5. The standard InChI is InChI=1S/C12H11BrN2/c13-7-4-5-11-9(6-7)12(14)8-2-1-3-10(8)15-11/h4-6H,1-3H2,(H2,14,15). The first kappa shape index (κ1) is 9.16. The smallest absolute Gasteiger partial charge is 0.0727 e. The van der Waals surface area contributed by atoms with Crippen LogP contribution in [0.5, 0.6) is 0 Å². The average molecular weight is 263 g/mol. The number of pyridine rings is 1. The van der Waals surface area contributed by atoms with Gasteiger partial charge in [0.05, 0.1) is 5.52 Å². The summed E-state index contributed by atoms with van der Waals surface area (Å²) in [6.07, 6.45) is 3.34. The molecule has 0 fully saturated rings. The summed E-state index contributed by atoms with van der Waals surface area (Å²) in [5.41, 5.74) is 10.6. The number of nitrogens with zero attached hydrogens (tertiary/aromatic N) is 1. The van der Waals surface area contributed by atoms with Crippen molar-refractivity contribution in [2.24, 2.45) is 0 Å². The highest BCUT2D eigenvalue weighted by molar-refractivity contribution is 9.10. The zero-order valence-electron chi connectivity index (χ0n) is 8.26. The molecule has 0 bridgehead atoms. The van der Waals surface area contributed by atoms with Gasteiger partial charge in [0.25, 0.3) is 0 Å². The Hall–Kier alpha value is -1.09. The van der Waals surface area contributed by atoms with Crippen molar-refractivity contribution in [3.05, 3.63) is 33.9 Å². The van der Waals surface area contributed by atoms with Gasteiger partial charge in [-0.25, -0.2) is 0 Å². The number of benzene rings is 1. The van der Waals surface area contributed by atoms with Gasteiger partial charge in [-0.15, -0.1) is 0 Å². The molecule has 1 aromatic carbocycles. The van der Waals surface area contributed by atoms with Crippen LogP contribution in [0.25, 0.3) is 10.9 Å². The summed E-state index contributed by atoms with van der Waals surface area (Å²) in [4.78, 5) is 4.66. The van der Waals surface area contributed by atoms with E-state index in [-0.39, 0.29) is 0 Å². The van der Waals surface area contributed by atoms with Gasteiger partial charge in [-0.2, -0.15) is 0 Å². The molecule has 0 amide bonds. The topological polar surface area (TPSA) is 38.9 Å². The molecule has 0 radical (unpaired) electrons. The Bertz CT molecular complexity index is 549. The summed E-state index contributed by atoms with van der Waals surface area (Å²) in [7, 11) is 0. The van der Waals surface area contributed by atoms with Gasteiger partial charge in [-0.3, -0.25) is 4.98 Å². The van der Waals surface area contributed by atoms with Crippen molar-refractivity contribution in [3.63, 3.8) is 0 Å². The van der Waals surface area contributed by atoms with E-state index in [0.29, 0.717) is 0 Å². The lowest BCUT2D eigenvalue weighted by Crippen LogP contribution is -1.98. The van der Waals surface area contributed by atoms with Crippen LogP contribution in [0.3, 0.4) is 0 Å².